The fourth-order valence-electron chi connectivity index (χ4n) is 3.84. The Morgan fingerprint density at radius 3 is 2.60 bits per heavy atom. The summed E-state index contributed by atoms with van der Waals surface area (Å²) in [6.07, 6.45) is 2.53. The number of likely N-dealkylation sites (tertiary alicyclic amines) is 1. The smallest absolute Gasteiger partial charge is 0.245 e. The van der Waals surface area contributed by atoms with Crippen LogP contribution in [0.3, 0.4) is 0 Å². The second-order valence-electron chi connectivity index (χ2n) is 7.46. The highest BCUT2D eigenvalue weighted by atomic mass is 32.1. The largest absolute Gasteiger partial charge is 0.347 e. The molecule has 0 radical (unpaired) electrons. The molecule has 1 aliphatic heterocycles. The van der Waals surface area contributed by atoms with Gasteiger partial charge in [-0.1, -0.05) is 36.4 Å². The molecule has 1 amide bonds. The summed E-state index contributed by atoms with van der Waals surface area (Å²) >= 11 is 1.63. The van der Waals surface area contributed by atoms with Crippen LogP contribution in [0.25, 0.3) is 32.2 Å². The Hall–Kier alpha value is -3.32. The summed E-state index contributed by atoms with van der Waals surface area (Å²) in [5.41, 5.74) is 1.86. The number of carbonyl (C=O) groups is 1. The van der Waals surface area contributed by atoms with Crippen LogP contribution in [0.5, 0.6) is 0 Å². The first kappa shape index (κ1) is 18.7. The quantitative estimate of drug-likeness (QED) is 0.502. The predicted molar refractivity (Wildman–Crippen MR) is 121 cm³/mol. The van der Waals surface area contributed by atoms with Gasteiger partial charge in [0, 0.05) is 31.7 Å². The van der Waals surface area contributed by atoms with Crippen LogP contribution >= 0.6 is 11.3 Å². The lowest BCUT2D eigenvalue weighted by atomic mass is 10.1. The third-order valence-corrected chi connectivity index (χ3v) is 6.60. The topological polar surface area (TPSA) is 62.2 Å². The van der Waals surface area contributed by atoms with Gasteiger partial charge in [0.25, 0.3) is 0 Å². The first-order valence-corrected chi connectivity index (χ1v) is 10.7. The molecular weight excluding hydrogens is 394 g/mol. The highest BCUT2D eigenvalue weighted by molar-refractivity contribution is 7.22. The van der Waals surface area contributed by atoms with Crippen molar-refractivity contribution in [2.45, 2.75) is 12.5 Å². The first-order chi connectivity index (χ1) is 14.6. The second-order valence-corrected chi connectivity index (χ2v) is 8.49. The minimum atomic E-state index is -0.218. The van der Waals surface area contributed by atoms with Gasteiger partial charge in [0.05, 0.1) is 5.39 Å². The second kappa shape index (κ2) is 7.50. The van der Waals surface area contributed by atoms with E-state index in [4.69, 9.17) is 9.97 Å². The summed E-state index contributed by atoms with van der Waals surface area (Å²) in [5.74, 6) is 1.47. The van der Waals surface area contributed by atoms with Crippen molar-refractivity contribution in [3.05, 3.63) is 60.8 Å². The van der Waals surface area contributed by atoms with E-state index in [1.165, 1.54) is 0 Å². The number of fused-ring (bicyclic) bond motifs is 1. The van der Waals surface area contributed by atoms with Crippen molar-refractivity contribution >= 4 is 33.3 Å². The molecule has 4 aromatic rings. The lowest BCUT2D eigenvalue weighted by Gasteiger charge is -2.25. The number of thiophene rings is 1. The Bertz CT molecular complexity index is 1210. The van der Waals surface area contributed by atoms with Gasteiger partial charge < -0.3 is 9.80 Å². The molecule has 3 aromatic heterocycles. The van der Waals surface area contributed by atoms with Gasteiger partial charge in [0.2, 0.25) is 5.91 Å². The summed E-state index contributed by atoms with van der Waals surface area (Å²) in [6, 6.07) is 17.9. The van der Waals surface area contributed by atoms with E-state index in [1.807, 2.05) is 55.4 Å². The van der Waals surface area contributed by atoms with Crippen molar-refractivity contribution in [2.24, 2.45) is 0 Å². The van der Waals surface area contributed by atoms with E-state index in [2.05, 4.69) is 23.2 Å². The van der Waals surface area contributed by atoms with Gasteiger partial charge in [0.1, 0.15) is 22.4 Å². The molecule has 1 saturated heterocycles. The average molecular weight is 416 g/mol. The number of hydrogen-bond donors (Lipinski definition) is 0. The number of amides is 1. The molecule has 6 nitrogen and oxygen atoms in total. The van der Waals surface area contributed by atoms with Crippen LogP contribution in [-0.2, 0) is 4.79 Å². The van der Waals surface area contributed by atoms with Crippen LogP contribution in [0.15, 0.2) is 60.8 Å². The van der Waals surface area contributed by atoms with Crippen LogP contribution in [0.2, 0.25) is 0 Å². The van der Waals surface area contributed by atoms with Crippen molar-refractivity contribution in [2.75, 3.05) is 25.5 Å². The molecular formula is C23H21N5OS. The van der Waals surface area contributed by atoms with Crippen molar-refractivity contribution in [1.82, 2.24) is 19.9 Å². The summed E-state index contributed by atoms with van der Waals surface area (Å²) in [7, 11) is 3.80. The molecule has 1 fully saturated rings. The van der Waals surface area contributed by atoms with Crippen LogP contribution in [0, 0.1) is 0 Å². The number of aromatic nitrogens is 3. The molecule has 4 heterocycles. The van der Waals surface area contributed by atoms with Crippen molar-refractivity contribution in [3.8, 4) is 22.0 Å². The van der Waals surface area contributed by atoms with Crippen LogP contribution in [-0.4, -0.2) is 52.4 Å². The maximum absolute atomic E-state index is 12.7. The third-order valence-electron chi connectivity index (χ3n) is 5.53. The van der Waals surface area contributed by atoms with Gasteiger partial charge in [-0.25, -0.2) is 9.97 Å². The highest BCUT2D eigenvalue weighted by Crippen LogP contribution is 2.38. The van der Waals surface area contributed by atoms with E-state index >= 15 is 0 Å². The number of nitrogens with zero attached hydrogens (tertiary/aromatic N) is 5. The van der Waals surface area contributed by atoms with Crippen LogP contribution in [0.4, 0.5) is 5.82 Å². The number of anilines is 1. The molecule has 1 aliphatic rings. The summed E-state index contributed by atoms with van der Waals surface area (Å²) in [5, 5.41) is 0.961. The van der Waals surface area contributed by atoms with Gasteiger partial charge >= 0.3 is 0 Å². The summed E-state index contributed by atoms with van der Waals surface area (Å²) in [4.78, 5) is 32.6. The number of pyridine rings is 1. The minimum Gasteiger partial charge on any atom is -0.347 e. The standard InChI is InChI=1S/C23H21N5OS/c1-27-13-11-18(23(27)29)28(2)21-16-14-19(15-8-4-3-5-9-15)30-22(16)26-20(25-21)17-10-6-7-12-24-17/h3-10,12,14,18H,11,13H2,1-2H3. The average Bonchev–Trinajstić information content (AvgIpc) is 3.37. The Kier molecular flexibility index (Phi) is 4.67. The zero-order valence-corrected chi connectivity index (χ0v) is 17.6. The van der Waals surface area contributed by atoms with E-state index in [9.17, 15) is 4.79 Å². The van der Waals surface area contributed by atoms with E-state index < -0.39 is 0 Å². The number of rotatable bonds is 4. The van der Waals surface area contributed by atoms with Gasteiger partial charge in [-0.2, -0.15) is 0 Å². The Labute approximate surface area is 178 Å². The maximum atomic E-state index is 12.7. The number of carbonyl (C=O) groups excluding carboxylic acids is 1. The lowest BCUT2D eigenvalue weighted by Crippen LogP contribution is -2.39. The summed E-state index contributed by atoms with van der Waals surface area (Å²) in [6.45, 7) is 0.758. The molecule has 5 rings (SSSR count). The Balaban J connectivity index is 1.68. The van der Waals surface area contributed by atoms with Crippen LogP contribution < -0.4 is 4.90 Å². The molecule has 0 saturated carbocycles. The fraction of sp³-hybridized carbons (Fsp3) is 0.217. The fourth-order valence-corrected chi connectivity index (χ4v) is 4.87. The summed E-state index contributed by atoms with van der Waals surface area (Å²) < 4.78 is 0. The van der Waals surface area contributed by atoms with Gasteiger partial charge in [-0.15, -0.1) is 11.3 Å². The number of hydrogen-bond acceptors (Lipinski definition) is 6. The van der Waals surface area contributed by atoms with Crippen LogP contribution in [0.1, 0.15) is 6.42 Å². The number of likely N-dealkylation sites (N-methyl/N-ethyl adjacent to an activating group) is 2. The molecule has 0 aliphatic carbocycles. The van der Waals surface area contributed by atoms with E-state index in [0.29, 0.717) is 5.82 Å². The van der Waals surface area contributed by atoms with Crippen molar-refractivity contribution < 1.29 is 4.79 Å². The van der Waals surface area contributed by atoms with Gasteiger partial charge in [-0.05, 0) is 30.2 Å². The molecule has 30 heavy (non-hydrogen) atoms. The molecule has 0 spiro atoms. The van der Waals surface area contributed by atoms with Gasteiger partial charge in [-0.3, -0.25) is 9.78 Å². The lowest BCUT2D eigenvalue weighted by molar-refractivity contribution is -0.127. The monoisotopic (exact) mass is 415 g/mol. The van der Waals surface area contributed by atoms with Gasteiger partial charge in [0.15, 0.2) is 5.82 Å². The molecule has 7 heteroatoms. The molecule has 1 unspecified atom stereocenters. The molecule has 0 bridgehead atoms. The van der Waals surface area contributed by atoms with Crippen molar-refractivity contribution in [1.29, 1.82) is 0 Å². The molecule has 1 atom stereocenters. The Morgan fingerprint density at radius 2 is 1.90 bits per heavy atom. The van der Waals surface area contributed by atoms with E-state index in [0.717, 1.165) is 45.1 Å². The third kappa shape index (κ3) is 3.21. The van der Waals surface area contributed by atoms with E-state index in [-0.39, 0.29) is 11.9 Å². The molecule has 0 N–H and O–H groups in total. The predicted octanol–water partition coefficient (Wildman–Crippen LogP) is 4.09. The Morgan fingerprint density at radius 1 is 1.10 bits per heavy atom. The molecule has 150 valence electrons. The highest BCUT2D eigenvalue weighted by Gasteiger charge is 2.34. The molecule has 1 aromatic carbocycles. The van der Waals surface area contributed by atoms with Crippen molar-refractivity contribution in [3.63, 3.8) is 0 Å². The SMILES string of the molecule is CN1CCC(N(C)c2nc(-c3ccccn3)nc3sc(-c4ccccc4)cc23)C1=O. The van der Waals surface area contributed by atoms with E-state index in [1.54, 1.807) is 22.4 Å². The number of benzene rings is 1. The minimum absolute atomic E-state index is 0.127. The normalized spacial score (nSPS) is 16.4. The maximum Gasteiger partial charge on any atom is 0.245 e. The zero-order valence-electron chi connectivity index (χ0n) is 16.8. The first-order valence-electron chi connectivity index (χ1n) is 9.88. The zero-order chi connectivity index (χ0) is 20.7.